The fourth-order valence-corrected chi connectivity index (χ4v) is 1.81. The molecule has 0 amide bonds. The number of pyridine rings is 1. The van der Waals surface area contributed by atoms with Crippen LogP contribution in [-0.4, -0.2) is 24.4 Å². The first-order valence-electron chi connectivity index (χ1n) is 4.99. The maximum atomic E-state index is 10.6. The van der Waals surface area contributed by atoms with Crippen molar-refractivity contribution in [2.24, 2.45) is 0 Å². The van der Waals surface area contributed by atoms with Gasteiger partial charge in [0.25, 0.3) is 0 Å². The summed E-state index contributed by atoms with van der Waals surface area (Å²) in [5.41, 5.74) is 1.51. The van der Waals surface area contributed by atoms with E-state index in [0.717, 1.165) is 30.9 Å². The summed E-state index contributed by atoms with van der Waals surface area (Å²) < 4.78 is 0. The highest BCUT2D eigenvalue weighted by Gasteiger charge is 2.13. The molecule has 0 N–H and O–H groups in total. The third-order valence-corrected chi connectivity index (χ3v) is 2.67. The molecule has 1 saturated heterocycles. The first-order chi connectivity index (χ1) is 6.81. The summed E-state index contributed by atoms with van der Waals surface area (Å²) in [4.78, 5) is 17.3. The molecule has 2 rings (SSSR count). The van der Waals surface area contributed by atoms with Gasteiger partial charge in [-0.05, 0) is 31.9 Å². The van der Waals surface area contributed by atoms with Crippen molar-refractivity contribution in [3.63, 3.8) is 0 Å². The lowest BCUT2D eigenvalue weighted by Gasteiger charge is -2.16. The summed E-state index contributed by atoms with van der Waals surface area (Å²) in [7, 11) is 0. The first-order valence-corrected chi connectivity index (χ1v) is 4.99. The number of hydrogen-bond donors (Lipinski definition) is 0. The predicted octanol–water partition coefficient (Wildman–Crippen LogP) is 1.80. The number of aldehydes is 1. The smallest absolute Gasteiger partial charge is 0.151 e. The van der Waals surface area contributed by atoms with E-state index in [-0.39, 0.29) is 0 Å². The van der Waals surface area contributed by atoms with Crippen molar-refractivity contribution in [3.8, 4) is 0 Å². The van der Waals surface area contributed by atoms with E-state index < -0.39 is 0 Å². The molecule has 0 spiro atoms. The Morgan fingerprint density at radius 2 is 2.07 bits per heavy atom. The summed E-state index contributed by atoms with van der Waals surface area (Å²) in [6.45, 7) is 4.06. The number of hydrogen-bond acceptors (Lipinski definition) is 3. The van der Waals surface area contributed by atoms with Gasteiger partial charge in [-0.2, -0.15) is 0 Å². The van der Waals surface area contributed by atoms with E-state index in [4.69, 9.17) is 0 Å². The molecule has 0 bridgehead atoms. The summed E-state index contributed by atoms with van der Waals surface area (Å²) in [6.07, 6.45) is 3.35. The molecular formula is C11H14N2O. The monoisotopic (exact) mass is 190 g/mol. The van der Waals surface area contributed by atoms with E-state index in [9.17, 15) is 4.79 Å². The molecule has 0 aromatic carbocycles. The predicted molar refractivity (Wildman–Crippen MR) is 55.8 cm³/mol. The quantitative estimate of drug-likeness (QED) is 0.667. The van der Waals surface area contributed by atoms with Crippen LogP contribution in [0, 0.1) is 6.92 Å². The van der Waals surface area contributed by atoms with Crippen LogP contribution in [0.3, 0.4) is 0 Å². The first kappa shape index (κ1) is 9.19. The van der Waals surface area contributed by atoms with Crippen molar-refractivity contribution in [3.05, 3.63) is 23.4 Å². The minimum absolute atomic E-state index is 0.688. The lowest BCUT2D eigenvalue weighted by atomic mass is 10.2. The number of anilines is 1. The zero-order chi connectivity index (χ0) is 9.97. The van der Waals surface area contributed by atoms with Crippen LogP contribution in [0.1, 0.15) is 28.9 Å². The Kier molecular flexibility index (Phi) is 2.48. The van der Waals surface area contributed by atoms with Crippen LogP contribution in [-0.2, 0) is 0 Å². The lowest BCUT2D eigenvalue weighted by molar-refractivity contribution is 0.112. The second-order valence-electron chi connectivity index (χ2n) is 3.66. The van der Waals surface area contributed by atoms with E-state index in [1.807, 2.05) is 19.1 Å². The van der Waals surface area contributed by atoms with Crippen molar-refractivity contribution in [1.29, 1.82) is 0 Å². The second-order valence-corrected chi connectivity index (χ2v) is 3.66. The minimum atomic E-state index is 0.688. The SMILES string of the molecule is Cc1nc(N2CCCC2)ccc1C=O. The molecule has 14 heavy (non-hydrogen) atoms. The van der Waals surface area contributed by atoms with Crippen LogP contribution in [0.4, 0.5) is 5.82 Å². The van der Waals surface area contributed by atoms with Crippen molar-refractivity contribution in [1.82, 2.24) is 4.98 Å². The molecule has 1 fully saturated rings. The van der Waals surface area contributed by atoms with Crippen molar-refractivity contribution in [2.75, 3.05) is 18.0 Å². The normalized spacial score (nSPS) is 15.9. The molecule has 3 nitrogen and oxygen atoms in total. The topological polar surface area (TPSA) is 33.2 Å². The molecule has 2 heterocycles. The number of carbonyl (C=O) groups excluding carboxylic acids is 1. The molecule has 0 radical (unpaired) electrons. The Balaban J connectivity index is 2.27. The number of nitrogens with zero attached hydrogens (tertiary/aromatic N) is 2. The van der Waals surface area contributed by atoms with Crippen LogP contribution >= 0.6 is 0 Å². The Bertz CT molecular complexity index is 343. The van der Waals surface area contributed by atoms with Gasteiger partial charge in [0.1, 0.15) is 5.82 Å². The highest BCUT2D eigenvalue weighted by Crippen LogP contribution is 2.18. The Morgan fingerprint density at radius 1 is 1.36 bits per heavy atom. The molecule has 1 aliphatic rings. The second kappa shape index (κ2) is 3.78. The standard InChI is InChI=1S/C11H14N2O/c1-9-10(8-14)4-5-11(12-9)13-6-2-3-7-13/h4-5,8H,2-3,6-7H2,1H3. The van der Waals surface area contributed by atoms with Gasteiger partial charge in [0.15, 0.2) is 6.29 Å². The molecular weight excluding hydrogens is 176 g/mol. The van der Waals surface area contributed by atoms with E-state index >= 15 is 0 Å². The minimum Gasteiger partial charge on any atom is -0.357 e. The molecule has 0 aliphatic carbocycles. The van der Waals surface area contributed by atoms with Gasteiger partial charge in [-0.15, -0.1) is 0 Å². The van der Waals surface area contributed by atoms with Gasteiger partial charge in [-0.25, -0.2) is 4.98 Å². The van der Waals surface area contributed by atoms with E-state index in [1.165, 1.54) is 12.8 Å². The zero-order valence-electron chi connectivity index (χ0n) is 8.36. The van der Waals surface area contributed by atoms with Crippen LogP contribution in [0.2, 0.25) is 0 Å². The number of carbonyl (C=O) groups is 1. The van der Waals surface area contributed by atoms with Crippen molar-refractivity contribution >= 4 is 12.1 Å². The van der Waals surface area contributed by atoms with Gasteiger partial charge in [0.2, 0.25) is 0 Å². The molecule has 1 aromatic heterocycles. The third kappa shape index (κ3) is 1.62. The Hall–Kier alpha value is -1.38. The van der Waals surface area contributed by atoms with Crippen molar-refractivity contribution < 1.29 is 4.79 Å². The average molecular weight is 190 g/mol. The van der Waals surface area contributed by atoms with Crippen LogP contribution in [0.25, 0.3) is 0 Å². The van der Waals surface area contributed by atoms with E-state index in [1.54, 1.807) is 0 Å². The lowest BCUT2D eigenvalue weighted by Crippen LogP contribution is -2.19. The van der Waals surface area contributed by atoms with Gasteiger partial charge >= 0.3 is 0 Å². The van der Waals surface area contributed by atoms with Gasteiger partial charge in [0, 0.05) is 18.7 Å². The number of rotatable bonds is 2. The summed E-state index contributed by atoms with van der Waals surface area (Å²) in [6, 6.07) is 3.78. The largest absolute Gasteiger partial charge is 0.357 e. The van der Waals surface area contributed by atoms with Crippen molar-refractivity contribution in [2.45, 2.75) is 19.8 Å². The van der Waals surface area contributed by atoms with Crippen LogP contribution in [0.5, 0.6) is 0 Å². The van der Waals surface area contributed by atoms with Gasteiger partial charge in [-0.3, -0.25) is 4.79 Å². The summed E-state index contributed by atoms with van der Waals surface area (Å²) >= 11 is 0. The molecule has 3 heteroatoms. The molecule has 0 saturated carbocycles. The molecule has 0 unspecified atom stereocenters. The van der Waals surface area contributed by atoms with E-state index in [0.29, 0.717) is 5.56 Å². The molecule has 0 atom stereocenters. The van der Waals surface area contributed by atoms with Gasteiger partial charge < -0.3 is 4.90 Å². The molecule has 1 aliphatic heterocycles. The van der Waals surface area contributed by atoms with Crippen LogP contribution < -0.4 is 4.90 Å². The summed E-state index contributed by atoms with van der Waals surface area (Å²) in [5.74, 6) is 1.01. The number of aryl methyl sites for hydroxylation is 1. The fraction of sp³-hybridized carbons (Fsp3) is 0.455. The maximum Gasteiger partial charge on any atom is 0.151 e. The average Bonchev–Trinajstić information content (AvgIpc) is 2.70. The Morgan fingerprint density at radius 3 is 2.64 bits per heavy atom. The summed E-state index contributed by atoms with van der Waals surface area (Å²) in [5, 5.41) is 0. The van der Waals surface area contributed by atoms with Crippen LogP contribution in [0.15, 0.2) is 12.1 Å². The maximum absolute atomic E-state index is 10.6. The highest BCUT2D eigenvalue weighted by atomic mass is 16.1. The zero-order valence-corrected chi connectivity index (χ0v) is 8.36. The molecule has 74 valence electrons. The van der Waals surface area contributed by atoms with Gasteiger partial charge in [-0.1, -0.05) is 0 Å². The molecule has 1 aromatic rings. The third-order valence-electron chi connectivity index (χ3n) is 2.67. The van der Waals surface area contributed by atoms with E-state index in [2.05, 4.69) is 9.88 Å². The fourth-order valence-electron chi connectivity index (χ4n) is 1.81. The number of aromatic nitrogens is 1. The highest BCUT2D eigenvalue weighted by molar-refractivity contribution is 5.76. The Labute approximate surface area is 83.8 Å². The van der Waals surface area contributed by atoms with Gasteiger partial charge in [0.05, 0.1) is 5.69 Å².